The topological polar surface area (TPSA) is 0 Å². The van der Waals surface area contributed by atoms with Crippen molar-refractivity contribution in [2.45, 2.75) is 11.1 Å². The fourth-order valence-corrected chi connectivity index (χ4v) is 1.64. The average molecular weight is 245 g/mol. The van der Waals surface area contributed by atoms with Gasteiger partial charge in [-0.2, -0.15) is 13.2 Å². The van der Waals surface area contributed by atoms with E-state index in [9.17, 15) is 13.2 Å². The van der Waals surface area contributed by atoms with Crippen LogP contribution in [0.25, 0.3) is 0 Å². The van der Waals surface area contributed by atoms with Gasteiger partial charge in [-0.15, -0.1) is 11.7 Å². The van der Waals surface area contributed by atoms with Crippen molar-refractivity contribution in [2.75, 3.05) is 0 Å². The Labute approximate surface area is 87.3 Å². The Bertz CT molecular complexity index is 311. The van der Waals surface area contributed by atoms with Gasteiger partial charge in [0.25, 0.3) is 0 Å². The lowest BCUT2D eigenvalue weighted by atomic mass is 10.2. The van der Waals surface area contributed by atoms with Gasteiger partial charge >= 0.3 is 6.18 Å². The molecule has 0 bridgehead atoms. The number of hydrogen-bond donors (Lipinski definition) is 1. The number of benzene rings is 1. The predicted molar refractivity (Wildman–Crippen MR) is 51.3 cm³/mol. The van der Waals surface area contributed by atoms with E-state index in [4.69, 9.17) is 11.6 Å². The number of alkyl halides is 3. The van der Waals surface area contributed by atoms with Crippen LogP contribution in [-0.4, -0.2) is 0 Å². The van der Waals surface area contributed by atoms with E-state index in [2.05, 4.69) is 11.7 Å². The Morgan fingerprint density at radius 2 is 1.92 bits per heavy atom. The van der Waals surface area contributed by atoms with Gasteiger partial charge in [-0.05, 0) is 18.2 Å². The molecule has 0 atom stereocenters. The van der Waals surface area contributed by atoms with E-state index in [1.807, 2.05) is 0 Å². The van der Waals surface area contributed by atoms with E-state index < -0.39 is 11.7 Å². The summed E-state index contributed by atoms with van der Waals surface area (Å²) in [4.78, 5) is 0.417. The summed E-state index contributed by atoms with van der Waals surface area (Å²) in [6, 6.07) is 3.66. The molecule has 0 saturated heterocycles. The van der Waals surface area contributed by atoms with Crippen LogP contribution in [0.5, 0.6) is 0 Å². The van der Waals surface area contributed by atoms with Crippen LogP contribution in [0.1, 0.15) is 5.56 Å². The predicted octanol–water partition coefficient (Wildman–Crippen LogP) is 4.30. The van der Waals surface area contributed by atoms with Crippen LogP contribution in [0.4, 0.5) is 13.2 Å². The molecule has 72 valence electrons. The van der Waals surface area contributed by atoms with Crippen molar-refractivity contribution in [3.8, 4) is 0 Å². The summed E-state index contributed by atoms with van der Waals surface area (Å²) in [6.45, 7) is 0. The van der Waals surface area contributed by atoms with Gasteiger partial charge in [0.05, 0.1) is 10.6 Å². The van der Waals surface area contributed by atoms with E-state index in [0.29, 0.717) is 4.90 Å². The van der Waals surface area contributed by atoms with Crippen LogP contribution < -0.4 is 0 Å². The summed E-state index contributed by atoms with van der Waals surface area (Å²) >= 11 is 9.18. The zero-order valence-corrected chi connectivity index (χ0v) is 8.57. The first kappa shape index (κ1) is 11.1. The molecular formula is C7H4ClF3S2. The van der Waals surface area contributed by atoms with Crippen molar-refractivity contribution in [3.63, 3.8) is 0 Å². The molecule has 0 heterocycles. The number of rotatable bonds is 1. The smallest absolute Gasteiger partial charge is 0.166 e. The third-order valence-electron chi connectivity index (χ3n) is 1.35. The van der Waals surface area contributed by atoms with Crippen LogP contribution in [0.2, 0.25) is 5.02 Å². The lowest BCUT2D eigenvalue weighted by molar-refractivity contribution is -0.137. The first-order valence-electron chi connectivity index (χ1n) is 3.13. The van der Waals surface area contributed by atoms with Crippen molar-refractivity contribution in [1.82, 2.24) is 0 Å². The molecule has 13 heavy (non-hydrogen) atoms. The van der Waals surface area contributed by atoms with Crippen LogP contribution in [0.15, 0.2) is 23.1 Å². The summed E-state index contributed by atoms with van der Waals surface area (Å²) in [7, 11) is 0.944. The monoisotopic (exact) mass is 244 g/mol. The molecule has 0 unspecified atom stereocenters. The van der Waals surface area contributed by atoms with Gasteiger partial charge in [-0.1, -0.05) is 22.4 Å². The van der Waals surface area contributed by atoms with Crippen LogP contribution >= 0.6 is 34.1 Å². The van der Waals surface area contributed by atoms with E-state index in [1.165, 1.54) is 12.1 Å². The van der Waals surface area contributed by atoms with Gasteiger partial charge in [0.2, 0.25) is 0 Å². The molecule has 0 aliphatic rings. The molecule has 1 aromatic rings. The molecule has 0 aromatic heterocycles. The molecule has 0 N–H and O–H groups in total. The second-order valence-corrected chi connectivity index (χ2v) is 3.84. The molecule has 0 fully saturated rings. The standard InChI is InChI=1S/C7H4ClF3S2/c8-6-2-1-4(13-12)3-5(6)7(9,10)11/h1-3,12H. The Balaban J connectivity index is 3.19. The molecule has 0 aliphatic heterocycles. The van der Waals surface area contributed by atoms with Crippen molar-refractivity contribution in [3.05, 3.63) is 28.8 Å². The number of hydrogen-bond acceptors (Lipinski definition) is 2. The third-order valence-corrected chi connectivity index (χ3v) is 2.78. The van der Waals surface area contributed by atoms with Gasteiger partial charge in [0.15, 0.2) is 0 Å². The van der Waals surface area contributed by atoms with Crippen molar-refractivity contribution in [1.29, 1.82) is 0 Å². The lowest BCUT2D eigenvalue weighted by Crippen LogP contribution is -2.05. The highest BCUT2D eigenvalue weighted by Gasteiger charge is 2.33. The second-order valence-electron chi connectivity index (χ2n) is 2.23. The minimum Gasteiger partial charge on any atom is -0.166 e. The summed E-state index contributed by atoms with van der Waals surface area (Å²) < 4.78 is 36.7. The largest absolute Gasteiger partial charge is 0.417 e. The first-order valence-corrected chi connectivity index (χ1v) is 5.38. The summed E-state index contributed by atoms with van der Waals surface area (Å²) in [5, 5.41) is -0.293. The van der Waals surface area contributed by atoms with E-state index in [1.54, 1.807) is 0 Å². The molecule has 0 amide bonds. The fourth-order valence-electron chi connectivity index (χ4n) is 0.778. The molecular weight excluding hydrogens is 241 g/mol. The summed E-state index contributed by atoms with van der Waals surface area (Å²) in [5.41, 5.74) is -0.826. The van der Waals surface area contributed by atoms with Crippen LogP contribution in [-0.2, 0) is 6.18 Å². The molecule has 1 aromatic carbocycles. The minimum absolute atomic E-state index is 0.293. The quantitative estimate of drug-likeness (QED) is 0.568. The highest BCUT2D eigenvalue weighted by molar-refractivity contribution is 8.68. The first-order chi connectivity index (χ1) is 5.95. The average Bonchev–Trinajstić information content (AvgIpc) is 2.03. The molecule has 0 aliphatic carbocycles. The van der Waals surface area contributed by atoms with E-state index >= 15 is 0 Å². The van der Waals surface area contributed by atoms with Gasteiger partial charge in [0, 0.05) is 4.90 Å². The Morgan fingerprint density at radius 3 is 2.38 bits per heavy atom. The Morgan fingerprint density at radius 1 is 1.31 bits per heavy atom. The Hall–Kier alpha value is -0.000000000000000167. The minimum atomic E-state index is -4.41. The van der Waals surface area contributed by atoms with Crippen molar-refractivity contribution in [2.24, 2.45) is 0 Å². The summed E-state index contributed by atoms with van der Waals surface area (Å²) in [6.07, 6.45) is -4.41. The second kappa shape index (κ2) is 4.02. The SMILES string of the molecule is FC(F)(F)c1cc(SS)ccc1Cl. The van der Waals surface area contributed by atoms with Crippen molar-refractivity contribution >= 4 is 34.1 Å². The highest BCUT2D eigenvalue weighted by Crippen LogP contribution is 2.37. The maximum Gasteiger partial charge on any atom is 0.417 e. The van der Waals surface area contributed by atoms with E-state index in [0.717, 1.165) is 16.9 Å². The van der Waals surface area contributed by atoms with Gasteiger partial charge in [0.1, 0.15) is 0 Å². The van der Waals surface area contributed by atoms with Crippen LogP contribution in [0.3, 0.4) is 0 Å². The van der Waals surface area contributed by atoms with Crippen LogP contribution in [0, 0.1) is 0 Å². The molecule has 0 saturated carbocycles. The van der Waals surface area contributed by atoms with Gasteiger partial charge in [-0.25, -0.2) is 0 Å². The molecule has 0 spiro atoms. The van der Waals surface area contributed by atoms with Gasteiger partial charge < -0.3 is 0 Å². The maximum atomic E-state index is 12.2. The molecule has 1 rings (SSSR count). The normalized spacial score (nSPS) is 11.8. The molecule has 0 radical (unpaired) electrons. The number of thiol groups is 1. The molecule has 6 heteroatoms. The molecule has 0 nitrogen and oxygen atoms in total. The maximum absolute atomic E-state index is 12.2. The number of halogens is 4. The zero-order chi connectivity index (χ0) is 10.1. The summed E-state index contributed by atoms with van der Waals surface area (Å²) in [5.74, 6) is 0. The third kappa shape index (κ3) is 2.72. The lowest BCUT2D eigenvalue weighted by Gasteiger charge is -2.09. The highest BCUT2D eigenvalue weighted by atomic mass is 35.5. The van der Waals surface area contributed by atoms with E-state index in [-0.39, 0.29) is 5.02 Å². The van der Waals surface area contributed by atoms with Gasteiger partial charge in [-0.3, -0.25) is 0 Å². The van der Waals surface area contributed by atoms with Crippen molar-refractivity contribution < 1.29 is 13.2 Å². The zero-order valence-electron chi connectivity index (χ0n) is 6.10. The Kier molecular flexibility index (Phi) is 3.43. The fraction of sp³-hybridized carbons (Fsp3) is 0.143.